The van der Waals surface area contributed by atoms with Gasteiger partial charge in [-0.1, -0.05) is 17.7 Å². The standard InChI is InChI=1S/C15H23ClN2O/c1-12(17)10-13-4-5-15(14(16)11-13)19-9-8-18-6-2-3-7-18/h4-5,11-12H,2-3,6-10,17H2,1H3. The van der Waals surface area contributed by atoms with Gasteiger partial charge in [0.1, 0.15) is 12.4 Å². The second-order valence-corrected chi connectivity index (χ2v) is 5.75. The first-order valence-corrected chi connectivity index (χ1v) is 7.42. The molecule has 1 fully saturated rings. The molecule has 19 heavy (non-hydrogen) atoms. The number of likely N-dealkylation sites (tertiary alicyclic amines) is 1. The van der Waals surface area contributed by atoms with Crippen molar-refractivity contribution in [1.29, 1.82) is 0 Å². The molecule has 4 heteroatoms. The highest BCUT2D eigenvalue weighted by atomic mass is 35.5. The normalized spacial score (nSPS) is 17.6. The van der Waals surface area contributed by atoms with Crippen molar-refractivity contribution in [3.63, 3.8) is 0 Å². The fraction of sp³-hybridized carbons (Fsp3) is 0.600. The van der Waals surface area contributed by atoms with E-state index in [1.165, 1.54) is 25.9 Å². The predicted molar refractivity (Wildman–Crippen MR) is 80.0 cm³/mol. The number of halogens is 1. The minimum absolute atomic E-state index is 0.151. The van der Waals surface area contributed by atoms with E-state index in [0.29, 0.717) is 11.6 Å². The summed E-state index contributed by atoms with van der Waals surface area (Å²) in [4.78, 5) is 2.43. The monoisotopic (exact) mass is 282 g/mol. The molecule has 1 unspecified atom stereocenters. The molecule has 1 aliphatic heterocycles. The molecule has 0 bridgehead atoms. The topological polar surface area (TPSA) is 38.5 Å². The molecule has 1 heterocycles. The average Bonchev–Trinajstić information content (AvgIpc) is 2.84. The predicted octanol–water partition coefficient (Wildman–Crippen LogP) is 2.70. The second-order valence-electron chi connectivity index (χ2n) is 5.34. The van der Waals surface area contributed by atoms with Gasteiger partial charge in [0.25, 0.3) is 0 Å². The lowest BCUT2D eigenvalue weighted by molar-refractivity contribution is 0.238. The van der Waals surface area contributed by atoms with Gasteiger partial charge in [0.2, 0.25) is 0 Å². The van der Waals surface area contributed by atoms with Crippen LogP contribution in [0.25, 0.3) is 0 Å². The van der Waals surface area contributed by atoms with Gasteiger partial charge in [0.05, 0.1) is 5.02 Å². The number of rotatable bonds is 6. The first kappa shape index (κ1) is 14.6. The Kier molecular flexibility index (Phi) is 5.49. The molecule has 106 valence electrons. The van der Waals surface area contributed by atoms with Gasteiger partial charge in [-0.2, -0.15) is 0 Å². The fourth-order valence-electron chi connectivity index (χ4n) is 2.45. The number of nitrogens with two attached hydrogens (primary N) is 1. The molecule has 0 saturated carbocycles. The van der Waals surface area contributed by atoms with E-state index in [9.17, 15) is 0 Å². The van der Waals surface area contributed by atoms with E-state index < -0.39 is 0 Å². The molecular weight excluding hydrogens is 260 g/mol. The van der Waals surface area contributed by atoms with Crippen molar-refractivity contribution in [2.45, 2.75) is 32.2 Å². The Hall–Kier alpha value is -0.770. The fourth-order valence-corrected chi connectivity index (χ4v) is 2.71. The van der Waals surface area contributed by atoms with E-state index in [1.807, 2.05) is 25.1 Å². The molecule has 1 aromatic carbocycles. The summed E-state index contributed by atoms with van der Waals surface area (Å²) in [7, 11) is 0. The first-order chi connectivity index (χ1) is 9.15. The molecule has 1 aromatic rings. The molecule has 0 amide bonds. The third-order valence-corrected chi connectivity index (χ3v) is 3.71. The smallest absolute Gasteiger partial charge is 0.137 e. The van der Waals surface area contributed by atoms with Crippen LogP contribution in [0.4, 0.5) is 0 Å². The maximum Gasteiger partial charge on any atom is 0.137 e. The molecule has 2 rings (SSSR count). The number of ether oxygens (including phenoxy) is 1. The lowest BCUT2D eigenvalue weighted by atomic mass is 10.1. The summed E-state index contributed by atoms with van der Waals surface area (Å²) in [6, 6.07) is 6.10. The quantitative estimate of drug-likeness (QED) is 0.872. The summed E-state index contributed by atoms with van der Waals surface area (Å²) in [5.41, 5.74) is 6.94. The van der Waals surface area contributed by atoms with Crippen molar-refractivity contribution in [3.05, 3.63) is 28.8 Å². The molecule has 1 saturated heterocycles. The van der Waals surface area contributed by atoms with Crippen molar-refractivity contribution in [3.8, 4) is 5.75 Å². The van der Waals surface area contributed by atoms with Gasteiger partial charge in [0, 0.05) is 12.6 Å². The third kappa shape index (κ3) is 4.68. The Morgan fingerprint density at radius 3 is 2.74 bits per heavy atom. The van der Waals surface area contributed by atoms with Gasteiger partial charge >= 0.3 is 0 Å². The van der Waals surface area contributed by atoms with Gasteiger partial charge in [-0.15, -0.1) is 0 Å². The number of hydrogen-bond acceptors (Lipinski definition) is 3. The highest BCUT2D eigenvalue weighted by Gasteiger charge is 2.11. The van der Waals surface area contributed by atoms with Crippen LogP contribution in [0, 0.1) is 0 Å². The second kappa shape index (κ2) is 7.13. The van der Waals surface area contributed by atoms with Gasteiger partial charge < -0.3 is 10.5 Å². The molecule has 2 N–H and O–H groups in total. The maximum absolute atomic E-state index is 6.23. The van der Waals surface area contributed by atoms with Crippen LogP contribution in [0.5, 0.6) is 5.75 Å². The number of benzene rings is 1. The highest BCUT2D eigenvalue weighted by Crippen LogP contribution is 2.26. The largest absolute Gasteiger partial charge is 0.491 e. The zero-order chi connectivity index (χ0) is 13.7. The minimum atomic E-state index is 0.151. The Morgan fingerprint density at radius 2 is 2.11 bits per heavy atom. The van der Waals surface area contributed by atoms with Gasteiger partial charge in [-0.25, -0.2) is 0 Å². The van der Waals surface area contributed by atoms with Crippen molar-refractivity contribution >= 4 is 11.6 Å². The zero-order valence-corrected chi connectivity index (χ0v) is 12.3. The summed E-state index contributed by atoms with van der Waals surface area (Å²) in [5, 5.41) is 0.680. The van der Waals surface area contributed by atoms with Crippen molar-refractivity contribution in [1.82, 2.24) is 4.90 Å². The van der Waals surface area contributed by atoms with E-state index in [0.717, 1.165) is 24.3 Å². The lowest BCUT2D eigenvalue weighted by Crippen LogP contribution is -2.25. The molecule has 1 atom stereocenters. The summed E-state index contributed by atoms with van der Waals surface area (Å²) >= 11 is 6.23. The van der Waals surface area contributed by atoms with Crippen molar-refractivity contribution < 1.29 is 4.74 Å². The zero-order valence-electron chi connectivity index (χ0n) is 11.6. The van der Waals surface area contributed by atoms with Crippen LogP contribution in [0.15, 0.2) is 18.2 Å². The minimum Gasteiger partial charge on any atom is -0.491 e. The van der Waals surface area contributed by atoms with Gasteiger partial charge in [-0.05, 0) is 57.0 Å². The first-order valence-electron chi connectivity index (χ1n) is 7.04. The lowest BCUT2D eigenvalue weighted by Gasteiger charge is -2.16. The van der Waals surface area contributed by atoms with E-state index in [-0.39, 0.29) is 6.04 Å². The SMILES string of the molecule is CC(N)Cc1ccc(OCCN2CCCC2)c(Cl)c1. The van der Waals surface area contributed by atoms with Crippen molar-refractivity contribution in [2.75, 3.05) is 26.2 Å². The molecule has 1 aliphatic rings. The molecule has 3 nitrogen and oxygen atoms in total. The number of nitrogens with zero attached hydrogens (tertiary/aromatic N) is 1. The van der Waals surface area contributed by atoms with E-state index in [4.69, 9.17) is 22.1 Å². The molecule has 0 spiro atoms. The molecule has 0 aromatic heterocycles. The Balaban J connectivity index is 1.82. The molecule has 0 radical (unpaired) electrons. The van der Waals surface area contributed by atoms with Crippen molar-refractivity contribution in [2.24, 2.45) is 5.73 Å². The van der Waals surface area contributed by atoms with Crippen LogP contribution in [0.3, 0.4) is 0 Å². The van der Waals surface area contributed by atoms with Gasteiger partial charge in [-0.3, -0.25) is 4.90 Å². The van der Waals surface area contributed by atoms with Crippen LogP contribution < -0.4 is 10.5 Å². The third-order valence-electron chi connectivity index (χ3n) is 3.42. The van der Waals surface area contributed by atoms with Crippen LogP contribution in [-0.4, -0.2) is 37.2 Å². The highest BCUT2D eigenvalue weighted by molar-refractivity contribution is 6.32. The summed E-state index contributed by atoms with van der Waals surface area (Å²) in [6.45, 7) is 6.08. The van der Waals surface area contributed by atoms with Gasteiger partial charge in [0.15, 0.2) is 0 Å². The van der Waals surface area contributed by atoms with E-state index in [1.54, 1.807) is 0 Å². The Bertz CT molecular complexity index is 403. The van der Waals surface area contributed by atoms with Crippen LogP contribution >= 0.6 is 11.6 Å². The Labute approximate surface area is 120 Å². The molecular formula is C15H23ClN2O. The average molecular weight is 283 g/mol. The maximum atomic E-state index is 6.23. The summed E-state index contributed by atoms with van der Waals surface area (Å²) in [6.07, 6.45) is 3.47. The summed E-state index contributed by atoms with van der Waals surface area (Å²) in [5.74, 6) is 0.772. The Morgan fingerprint density at radius 1 is 1.37 bits per heavy atom. The summed E-state index contributed by atoms with van der Waals surface area (Å²) < 4.78 is 5.75. The van der Waals surface area contributed by atoms with E-state index >= 15 is 0 Å². The van der Waals surface area contributed by atoms with Crippen LogP contribution in [0.2, 0.25) is 5.02 Å². The van der Waals surface area contributed by atoms with Crippen LogP contribution in [0.1, 0.15) is 25.3 Å². The number of hydrogen-bond donors (Lipinski definition) is 1. The van der Waals surface area contributed by atoms with E-state index in [2.05, 4.69) is 4.90 Å². The molecule has 0 aliphatic carbocycles. The van der Waals surface area contributed by atoms with Crippen LogP contribution in [-0.2, 0) is 6.42 Å².